The Labute approximate surface area is 178 Å². The molecule has 1 atom stereocenters. The Hall–Kier alpha value is -1.55. The first-order chi connectivity index (χ1) is 13.5. The zero-order valence-corrected chi connectivity index (χ0v) is 17.8. The summed E-state index contributed by atoms with van der Waals surface area (Å²) in [5, 5.41) is 4.57. The molecule has 28 heavy (non-hydrogen) atoms. The number of aryl methyl sites for hydroxylation is 1. The van der Waals surface area contributed by atoms with Crippen molar-refractivity contribution in [3.63, 3.8) is 0 Å². The maximum Gasteiger partial charge on any atom is 0.223 e. The van der Waals surface area contributed by atoms with Crippen LogP contribution in [0.25, 0.3) is 0 Å². The first kappa shape index (κ1) is 21.2. The summed E-state index contributed by atoms with van der Waals surface area (Å²) in [4.78, 5) is 15.0. The van der Waals surface area contributed by atoms with E-state index in [1.807, 2.05) is 18.2 Å². The van der Waals surface area contributed by atoms with E-state index in [1.165, 1.54) is 5.56 Å². The van der Waals surface area contributed by atoms with Crippen LogP contribution in [0.5, 0.6) is 0 Å². The summed E-state index contributed by atoms with van der Waals surface area (Å²) in [5.74, 6) is 0.306. The van der Waals surface area contributed by atoms with E-state index in [2.05, 4.69) is 41.4 Å². The molecule has 0 aliphatic carbocycles. The van der Waals surface area contributed by atoms with Gasteiger partial charge in [-0.3, -0.25) is 9.69 Å². The lowest BCUT2D eigenvalue weighted by Crippen LogP contribution is -2.43. The quantitative estimate of drug-likeness (QED) is 0.657. The van der Waals surface area contributed by atoms with Crippen molar-refractivity contribution in [2.75, 3.05) is 13.1 Å². The fraction of sp³-hybridized carbons (Fsp3) is 0.435. The van der Waals surface area contributed by atoms with Gasteiger partial charge < -0.3 is 5.32 Å². The van der Waals surface area contributed by atoms with E-state index >= 15 is 0 Å². The van der Waals surface area contributed by atoms with Crippen LogP contribution >= 0.6 is 23.2 Å². The molecule has 0 bridgehead atoms. The summed E-state index contributed by atoms with van der Waals surface area (Å²) < 4.78 is 0. The van der Waals surface area contributed by atoms with Gasteiger partial charge in [-0.15, -0.1) is 0 Å². The van der Waals surface area contributed by atoms with Crippen LogP contribution in [-0.2, 0) is 17.8 Å². The summed E-state index contributed by atoms with van der Waals surface area (Å²) in [7, 11) is 0. The predicted octanol–water partition coefficient (Wildman–Crippen LogP) is 5.34. The van der Waals surface area contributed by atoms with Crippen molar-refractivity contribution in [2.45, 2.75) is 45.2 Å². The highest BCUT2D eigenvalue weighted by atomic mass is 35.5. The third-order valence-corrected chi connectivity index (χ3v) is 6.05. The molecule has 0 radical (unpaired) electrons. The van der Waals surface area contributed by atoms with E-state index in [0.29, 0.717) is 10.0 Å². The predicted molar refractivity (Wildman–Crippen MR) is 117 cm³/mol. The van der Waals surface area contributed by atoms with Crippen molar-refractivity contribution < 1.29 is 4.79 Å². The fourth-order valence-electron chi connectivity index (χ4n) is 3.70. The summed E-state index contributed by atoms with van der Waals surface area (Å²) in [6, 6.07) is 16.3. The molecule has 2 aromatic carbocycles. The normalized spacial score (nSPS) is 16.7. The molecule has 0 saturated carbocycles. The summed E-state index contributed by atoms with van der Waals surface area (Å²) in [6.45, 7) is 4.72. The van der Waals surface area contributed by atoms with Crippen molar-refractivity contribution in [1.29, 1.82) is 0 Å². The lowest BCUT2D eigenvalue weighted by molar-refractivity contribution is -0.127. The van der Waals surface area contributed by atoms with Crippen molar-refractivity contribution in [2.24, 2.45) is 5.92 Å². The Bertz CT molecular complexity index is 773. The summed E-state index contributed by atoms with van der Waals surface area (Å²) in [6.07, 6.45) is 3.73. The van der Waals surface area contributed by atoms with E-state index < -0.39 is 0 Å². The van der Waals surface area contributed by atoms with E-state index in [-0.39, 0.29) is 17.9 Å². The number of nitrogens with zero attached hydrogens (tertiary/aromatic N) is 1. The van der Waals surface area contributed by atoms with Crippen LogP contribution in [0.3, 0.4) is 0 Å². The number of likely N-dealkylation sites (tertiary alicyclic amines) is 1. The highest BCUT2D eigenvalue weighted by Gasteiger charge is 2.26. The fourth-order valence-corrected chi connectivity index (χ4v) is 4.17. The molecule has 0 spiro atoms. The Balaban J connectivity index is 1.40. The van der Waals surface area contributed by atoms with Gasteiger partial charge in [-0.2, -0.15) is 0 Å². The van der Waals surface area contributed by atoms with Crippen molar-refractivity contribution in [3.8, 4) is 0 Å². The van der Waals surface area contributed by atoms with Crippen LogP contribution in [0.1, 0.15) is 37.3 Å². The number of nitrogens with one attached hydrogen (secondary N) is 1. The Morgan fingerprint density at radius 1 is 1.14 bits per heavy atom. The molecule has 1 aliphatic heterocycles. The SMILES string of the molecule is CC(CCc1ccccc1)NC(=O)C1CCN(Cc2ccc(Cl)cc2Cl)CC1. The first-order valence-corrected chi connectivity index (χ1v) is 10.8. The Kier molecular flexibility index (Phi) is 7.78. The number of hydrogen-bond donors (Lipinski definition) is 1. The molecule has 1 fully saturated rings. The van der Waals surface area contributed by atoms with Gasteiger partial charge in [0.1, 0.15) is 0 Å². The minimum atomic E-state index is 0.108. The first-order valence-electron chi connectivity index (χ1n) is 10.0. The van der Waals surface area contributed by atoms with Crippen molar-refractivity contribution in [1.82, 2.24) is 10.2 Å². The maximum atomic E-state index is 12.6. The molecule has 0 aromatic heterocycles. The second-order valence-electron chi connectivity index (χ2n) is 7.72. The minimum absolute atomic E-state index is 0.108. The summed E-state index contributed by atoms with van der Waals surface area (Å²) in [5.41, 5.74) is 2.40. The highest BCUT2D eigenvalue weighted by molar-refractivity contribution is 6.35. The second-order valence-corrected chi connectivity index (χ2v) is 8.56. The van der Waals surface area contributed by atoms with Crippen LogP contribution in [0, 0.1) is 5.92 Å². The number of benzene rings is 2. The zero-order chi connectivity index (χ0) is 19.9. The van der Waals surface area contributed by atoms with Gasteiger partial charge in [0.2, 0.25) is 5.91 Å². The second kappa shape index (κ2) is 10.3. The number of amides is 1. The number of piperidine rings is 1. The molecule has 2 aromatic rings. The molecule has 150 valence electrons. The van der Waals surface area contributed by atoms with Crippen LogP contribution in [-0.4, -0.2) is 29.9 Å². The average Bonchev–Trinajstić information content (AvgIpc) is 2.70. The smallest absolute Gasteiger partial charge is 0.223 e. The van der Waals surface area contributed by atoms with Crippen molar-refractivity contribution >= 4 is 29.1 Å². The van der Waals surface area contributed by atoms with E-state index in [9.17, 15) is 4.79 Å². The standard InChI is InChI=1S/C23H28Cl2N2O/c1-17(7-8-18-5-3-2-4-6-18)26-23(28)19-11-13-27(14-12-19)16-20-9-10-21(24)15-22(20)25/h2-6,9-10,15,17,19H,7-8,11-14,16H2,1H3,(H,26,28). The van der Waals surface area contributed by atoms with Gasteiger partial charge in [-0.25, -0.2) is 0 Å². The lowest BCUT2D eigenvalue weighted by atomic mass is 9.95. The van der Waals surface area contributed by atoms with Gasteiger partial charge in [0.15, 0.2) is 0 Å². The van der Waals surface area contributed by atoms with Gasteiger partial charge in [0.25, 0.3) is 0 Å². The van der Waals surface area contributed by atoms with Crippen LogP contribution in [0.15, 0.2) is 48.5 Å². The third-order valence-electron chi connectivity index (χ3n) is 5.46. The average molecular weight is 419 g/mol. The third kappa shape index (κ3) is 6.23. The van der Waals surface area contributed by atoms with E-state index in [4.69, 9.17) is 23.2 Å². The van der Waals surface area contributed by atoms with Gasteiger partial charge in [0, 0.05) is 28.5 Å². The highest BCUT2D eigenvalue weighted by Crippen LogP contribution is 2.25. The molecular weight excluding hydrogens is 391 g/mol. The van der Waals surface area contributed by atoms with Crippen LogP contribution in [0.2, 0.25) is 10.0 Å². The number of hydrogen-bond acceptors (Lipinski definition) is 2. The topological polar surface area (TPSA) is 32.3 Å². The van der Waals surface area contributed by atoms with Crippen molar-refractivity contribution in [3.05, 3.63) is 69.7 Å². The largest absolute Gasteiger partial charge is 0.353 e. The van der Waals surface area contributed by atoms with Gasteiger partial charge in [0.05, 0.1) is 0 Å². The molecule has 3 rings (SSSR count). The number of carbonyl (C=O) groups excluding carboxylic acids is 1. The lowest BCUT2D eigenvalue weighted by Gasteiger charge is -2.32. The van der Waals surface area contributed by atoms with E-state index in [0.717, 1.165) is 50.9 Å². The van der Waals surface area contributed by atoms with Gasteiger partial charge in [-0.05, 0) is 69.0 Å². The molecule has 1 aliphatic rings. The monoisotopic (exact) mass is 418 g/mol. The molecule has 1 N–H and O–H groups in total. The molecule has 1 saturated heterocycles. The van der Waals surface area contributed by atoms with Crippen LogP contribution in [0.4, 0.5) is 0 Å². The Morgan fingerprint density at radius 2 is 1.86 bits per heavy atom. The molecule has 5 heteroatoms. The molecule has 1 unspecified atom stereocenters. The van der Waals surface area contributed by atoms with Crippen LogP contribution < -0.4 is 5.32 Å². The number of carbonyl (C=O) groups is 1. The number of rotatable bonds is 7. The molecule has 3 nitrogen and oxygen atoms in total. The van der Waals surface area contributed by atoms with E-state index in [1.54, 1.807) is 6.07 Å². The number of halogens is 2. The van der Waals surface area contributed by atoms with Gasteiger partial charge in [-0.1, -0.05) is 59.6 Å². The molecule has 1 amide bonds. The molecule has 1 heterocycles. The summed E-state index contributed by atoms with van der Waals surface area (Å²) >= 11 is 12.3. The van der Waals surface area contributed by atoms with Gasteiger partial charge >= 0.3 is 0 Å². The Morgan fingerprint density at radius 3 is 2.54 bits per heavy atom. The minimum Gasteiger partial charge on any atom is -0.353 e. The zero-order valence-electron chi connectivity index (χ0n) is 16.3. The maximum absolute atomic E-state index is 12.6. The molecular formula is C23H28Cl2N2O.